The molecule has 2 nitrogen and oxygen atoms in total. The van der Waals surface area contributed by atoms with Crippen LogP contribution in [-0.4, -0.2) is 35.4 Å². The lowest BCUT2D eigenvalue weighted by molar-refractivity contribution is 0.381. The predicted molar refractivity (Wildman–Crippen MR) is 79.8 cm³/mol. The molecule has 0 aliphatic rings. The van der Waals surface area contributed by atoms with E-state index in [9.17, 15) is 0 Å². The highest BCUT2D eigenvalue weighted by Gasteiger charge is 2.42. The van der Waals surface area contributed by atoms with Crippen LogP contribution in [-0.2, 0) is 8.23 Å². The van der Waals surface area contributed by atoms with Crippen LogP contribution >= 0.6 is 0 Å². The van der Waals surface area contributed by atoms with E-state index >= 15 is 0 Å². The maximum atomic E-state index is 6.39. The van der Waals surface area contributed by atoms with Gasteiger partial charge in [-0.3, -0.25) is 0 Å². The van der Waals surface area contributed by atoms with Crippen molar-refractivity contribution in [1.82, 2.24) is 0 Å². The van der Waals surface area contributed by atoms with E-state index in [0.717, 1.165) is 0 Å². The van der Waals surface area contributed by atoms with E-state index in [2.05, 4.69) is 52.8 Å². The van der Waals surface area contributed by atoms with Crippen molar-refractivity contribution in [3.63, 3.8) is 0 Å². The summed E-state index contributed by atoms with van der Waals surface area (Å²) in [6.07, 6.45) is 0. The molecule has 0 bridgehead atoms. The quantitative estimate of drug-likeness (QED) is 0.720. The van der Waals surface area contributed by atoms with Gasteiger partial charge in [0.1, 0.15) is 0 Å². The second-order valence-corrected chi connectivity index (χ2v) is 22.8. The second kappa shape index (κ2) is 4.97. The highest BCUT2D eigenvalue weighted by atomic mass is 28.5. The predicted octanol–water partition coefficient (Wildman–Crippen LogP) is 2.47. The van der Waals surface area contributed by atoms with Crippen LogP contribution in [0, 0.1) is 0 Å². The normalized spacial score (nSPS) is 16.8. The third-order valence-electron chi connectivity index (χ3n) is 2.07. The van der Waals surface area contributed by atoms with Gasteiger partial charge in [0, 0.05) is 10.2 Å². The van der Waals surface area contributed by atoms with Gasteiger partial charge >= 0.3 is 8.56 Å². The van der Waals surface area contributed by atoms with Crippen LogP contribution in [0.5, 0.6) is 0 Å². The standard InChI is InChI=1S/C9H28O2Si4/c1-9(12)15(8,10-13(2,3)4)11-14(5,6)7/h9H,1-8,12H3. The minimum absolute atomic E-state index is 0.663. The highest BCUT2D eigenvalue weighted by Crippen LogP contribution is 2.28. The van der Waals surface area contributed by atoms with Crippen LogP contribution in [0.15, 0.2) is 0 Å². The van der Waals surface area contributed by atoms with Crippen molar-refractivity contribution in [2.75, 3.05) is 0 Å². The van der Waals surface area contributed by atoms with Crippen molar-refractivity contribution in [3.8, 4) is 0 Å². The zero-order valence-corrected chi connectivity index (χ0v) is 16.9. The summed E-state index contributed by atoms with van der Waals surface area (Å²) in [7, 11) is -3.69. The highest BCUT2D eigenvalue weighted by molar-refractivity contribution is 6.90. The molecule has 0 amide bonds. The Bertz CT molecular complexity index is 189. The van der Waals surface area contributed by atoms with Crippen molar-refractivity contribution in [2.24, 2.45) is 0 Å². The average Bonchev–Trinajstić information content (AvgIpc) is 1.75. The van der Waals surface area contributed by atoms with Crippen molar-refractivity contribution in [1.29, 1.82) is 0 Å². The van der Waals surface area contributed by atoms with Gasteiger partial charge in [-0.15, -0.1) is 0 Å². The first-order chi connectivity index (χ1) is 6.36. The van der Waals surface area contributed by atoms with Gasteiger partial charge in [0.2, 0.25) is 0 Å². The molecule has 6 heteroatoms. The van der Waals surface area contributed by atoms with Crippen LogP contribution in [0.3, 0.4) is 0 Å². The molecular weight excluding hydrogens is 252 g/mol. The monoisotopic (exact) mass is 280 g/mol. The van der Waals surface area contributed by atoms with Gasteiger partial charge < -0.3 is 8.23 Å². The van der Waals surface area contributed by atoms with Gasteiger partial charge in [-0.1, -0.05) is 6.92 Å². The van der Waals surface area contributed by atoms with E-state index in [4.69, 9.17) is 8.23 Å². The third-order valence-corrected chi connectivity index (χ3v) is 15.5. The lowest BCUT2D eigenvalue weighted by Crippen LogP contribution is -2.55. The summed E-state index contributed by atoms with van der Waals surface area (Å²) in [5.74, 6) is 0. The molecule has 0 heterocycles. The molecule has 0 saturated heterocycles. The molecule has 0 aliphatic heterocycles. The van der Waals surface area contributed by atoms with Crippen LogP contribution < -0.4 is 0 Å². The molecule has 0 aromatic heterocycles. The van der Waals surface area contributed by atoms with E-state index in [1.807, 2.05) is 0 Å². The van der Waals surface area contributed by atoms with E-state index in [-0.39, 0.29) is 0 Å². The summed E-state index contributed by atoms with van der Waals surface area (Å²) >= 11 is 0. The Morgan fingerprint density at radius 3 is 1.20 bits per heavy atom. The lowest BCUT2D eigenvalue weighted by Gasteiger charge is -2.41. The van der Waals surface area contributed by atoms with E-state index in [1.165, 1.54) is 10.2 Å². The Kier molecular flexibility index (Phi) is 5.23. The van der Waals surface area contributed by atoms with E-state index in [0.29, 0.717) is 5.16 Å². The molecule has 0 aliphatic carbocycles. The Morgan fingerprint density at radius 2 is 1.07 bits per heavy atom. The van der Waals surface area contributed by atoms with Crippen molar-refractivity contribution in [2.45, 2.75) is 57.9 Å². The zero-order chi connectivity index (χ0) is 12.5. The van der Waals surface area contributed by atoms with Crippen molar-refractivity contribution >= 4 is 35.4 Å². The molecule has 0 aromatic rings. The average molecular weight is 281 g/mol. The zero-order valence-electron chi connectivity index (χ0n) is 11.9. The topological polar surface area (TPSA) is 18.5 Å². The van der Waals surface area contributed by atoms with E-state index < -0.39 is 25.2 Å². The van der Waals surface area contributed by atoms with Crippen LogP contribution in [0.1, 0.15) is 6.92 Å². The summed E-state index contributed by atoms with van der Waals surface area (Å²) in [4.78, 5) is 0. The van der Waals surface area contributed by atoms with Gasteiger partial charge in [0.15, 0.2) is 16.6 Å². The Morgan fingerprint density at radius 1 is 0.800 bits per heavy atom. The molecule has 1 atom stereocenters. The fourth-order valence-corrected chi connectivity index (χ4v) is 15.7. The van der Waals surface area contributed by atoms with Gasteiger partial charge in [0.25, 0.3) is 0 Å². The van der Waals surface area contributed by atoms with Gasteiger partial charge in [-0.2, -0.15) is 0 Å². The second-order valence-electron chi connectivity index (χ2n) is 6.60. The SMILES string of the molecule is CC([SiH3])[Si](C)(O[Si](C)(C)C)O[Si](C)(C)C. The van der Waals surface area contributed by atoms with E-state index in [1.54, 1.807) is 0 Å². The Labute approximate surface area is 102 Å². The summed E-state index contributed by atoms with van der Waals surface area (Å²) < 4.78 is 12.8. The molecule has 0 N–H and O–H groups in total. The first-order valence-corrected chi connectivity index (χ1v) is 16.1. The summed E-state index contributed by atoms with van der Waals surface area (Å²) in [5.41, 5.74) is 0. The minimum Gasteiger partial charge on any atom is -0.437 e. The molecule has 0 radical (unpaired) electrons. The smallest absolute Gasteiger partial charge is 0.313 e. The summed E-state index contributed by atoms with van der Waals surface area (Å²) in [6.45, 7) is 18.1. The largest absolute Gasteiger partial charge is 0.437 e. The molecular formula is C9H28O2Si4. The fourth-order valence-electron chi connectivity index (χ4n) is 1.47. The Balaban J connectivity index is 4.76. The van der Waals surface area contributed by atoms with Crippen LogP contribution in [0.4, 0.5) is 0 Å². The van der Waals surface area contributed by atoms with Crippen LogP contribution in [0.2, 0.25) is 51.0 Å². The van der Waals surface area contributed by atoms with Crippen LogP contribution in [0.25, 0.3) is 0 Å². The maximum Gasteiger partial charge on any atom is 0.313 e. The molecule has 1 unspecified atom stereocenters. The molecule has 0 aromatic carbocycles. The molecule has 15 heavy (non-hydrogen) atoms. The Hall–Kier alpha value is 0.788. The molecule has 0 rings (SSSR count). The first kappa shape index (κ1) is 15.8. The van der Waals surface area contributed by atoms with Crippen molar-refractivity contribution < 1.29 is 8.23 Å². The number of rotatable bonds is 5. The molecule has 92 valence electrons. The number of hydrogen-bond donors (Lipinski definition) is 0. The molecule has 0 saturated carbocycles. The fraction of sp³-hybridized carbons (Fsp3) is 1.00. The van der Waals surface area contributed by atoms with Gasteiger partial charge in [0.05, 0.1) is 0 Å². The number of hydrogen-bond acceptors (Lipinski definition) is 2. The lowest BCUT2D eigenvalue weighted by atomic mass is 10.9. The minimum atomic E-state index is -1.91. The molecule has 0 fully saturated rings. The van der Waals surface area contributed by atoms with Gasteiger partial charge in [-0.25, -0.2) is 0 Å². The van der Waals surface area contributed by atoms with Crippen molar-refractivity contribution in [3.05, 3.63) is 0 Å². The molecule has 0 spiro atoms. The first-order valence-electron chi connectivity index (χ1n) is 5.76. The summed E-state index contributed by atoms with van der Waals surface area (Å²) in [6, 6.07) is 0. The summed E-state index contributed by atoms with van der Waals surface area (Å²) in [5, 5.41) is 0.663. The third kappa shape index (κ3) is 6.85. The van der Waals surface area contributed by atoms with Gasteiger partial charge in [-0.05, 0) is 51.0 Å². The maximum absolute atomic E-state index is 6.39.